The highest BCUT2D eigenvalue weighted by Gasteiger charge is 2.39. The predicted molar refractivity (Wildman–Crippen MR) is 165 cm³/mol. The van der Waals surface area contributed by atoms with Crippen LogP contribution in [0, 0.1) is 0 Å². The van der Waals surface area contributed by atoms with Crippen LogP contribution in [0.5, 0.6) is 0 Å². The lowest BCUT2D eigenvalue weighted by atomic mass is 10.7. The second-order valence-corrected chi connectivity index (χ2v) is 15.5. The normalized spacial score (nSPS) is 13.3. The molecule has 0 aliphatic rings. The molecule has 11 heteroatoms. The molecule has 0 bridgehead atoms. The van der Waals surface area contributed by atoms with E-state index in [1.54, 1.807) is 0 Å². The van der Waals surface area contributed by atoms with Crippen LogP contribution >= 0.6 is 23.9 Å². The van der Waals surface area contributed by atoms with E-state index in [0.717, 1.165) is 78.5 Å². The summed E-state index contributed by atoms with van der Waals surface area (Å²) in [6.07, 6.45) is 0. The summed E-state index contributed by atoms with van der Waals surface area (Å²) < 4.78 is 27.3. The zero-order chi connectivity index (χ0) is 27.1. The first kappa shape index (κ1) is 35.6. The van der Waals surface area contributed by atoms with Gasteiger partial charge in [0.15, 0.2) is 15.0 Å². The van der Waals surface area contributed by atoms with E-state index >= 15 is 0 Å². The van der Waals surface area contributed by atoms with E-state index in [-0.39, 0.29) is 8.88 Å². The molecule has 0 aromatic rings. The highest BCUT2D eigenvalue weighted by Crippen LogP contribution is 2.66. The number of hydrogen-bond acceptors (Lipinski definition) is 2. The summed E-state index contributed by atoms with van der Waals surface area (Å²) in [5, 5.41) is 0. The lowest BCUT2D eigenvalue weighted by Crippen LogP contribution is -2.41. The Kier molecular flexibility index (Phi) is 19.2. The fourth-order valence-corrected chi connectivity index (χ4v) is 16.4. The monoisotopic (exact) mass is 554 g/mol. The van der Waals surface area contributed by atoms with Crippen LogP contribution in [0.2, 0.25) is 0 Å². The second kappa shape index (κ2) is 18.8. The summed E-state index contributed by atoms with van der Waals surface area (Å²) in [5.41, 5.74) is 0. The van der Waals surface area contributed by atoms with E-state index < -0.39 is 15.0 Å². The molecule has 0 unspecified atom stereocenters. The van der Waals surface area contributed by atoms with Crippen LogP contribution < -0.4 is 0 Å². The van der Waals surface area contributed by atoms with Gasteiger partial charge in [0, 0.05) is 78.5 Å². The summed E-state index contributed by atoms with van der Waals surface area (Å²) in [4.78, 5) is 0. The van der Waals surface area contributed by atoms with Gasteiger partial charge in [-0.25, -0.2) is 37.1 Å². The van der Waals surface area contributed by atoms with Crippen LogP contribution in [-0.4, -0.2) is 107 Å². The zero-order valence-electron chi connectivity index (χ0n) is 25.5. The molecule has 0 fully saturated rings. The van der Waals surface area contributed by atoms with Crippen molar-refractivity contribution in [1.29, 1.82) is 0 Å². The Hall–Kier alpha value is 0.650. The van der Waals surface area contributed by atoms with Gasteiger partial charge in [-0.3, -0.25) is 0 Å². The molecule has 0 aliphatic carbocycles. The van der Waals surface area contributed by atoms with Crippen molar-refractivity contribution in [3.8, 4) is 0 Å². The van der Waals surface area contributed by atoms with Gasteiger partial charge >= 0.3 is 0 Å². The molecule has 0 radical (unpaired) electrons. The van der Waals surface area contributed by atoms with Crippen molar-refractivity contribution >= 4 is 23.9 Å². The average Bonchev–Trinajstić information content (AvgIpc) is 2.88. The third kappa shape index (κ3) is 7.84. The predicted octanol–water partition coefficient (Wildman–Crippen LogP) is 7.44. The third-order valence-electron chi connectivity index (χ3n) is 7.01. The van der Waals surface area contributed by atoms with Crippen LogP contribution in [0.3, 0.4) is 0 Å². The van der Waals surface area contributed by atoms with Gasteiger partial charge < -0.3 is 0 Å². The van der Waals surface area contributed by atoms with Gasteiger partial charge in [0.2, 0.25) is 0 Å². The molecular formula is C24H61N8P3. The van der Waals surface area contributed by atoms with Gasteiger partial charge in [-0.15, -0.1) is 0 Å². The molecule has 0 spiro atoms. The van der Waals surface area contributed by atoms with Crippen LogP contribution in [-0.2, 0) is 0 Å². The van der Waals surface area contributed by atoms with Crippen molar-refractivity contribution in [2.45, 2.75) is 83.1 Å². The molecule has 0 atom stereocenters. The average molecular weight is 555 g/mol. The van der Waals surface area contributed by atoms with Crippen LogP contribution in [0.4, 0.5) is 0 Å². The Morgan fingerprint density at radius 1 is 0.343 bits per heavy atom. The molecule has 0 N–H and O–H groups in total. The van der Waals surface area contributed by atoms with E-state index in [0.29, 0.717) is 0 Å². The largest absolute Gasteiger partial charge is 0.246 e. The topological polar surface area (TPSA) is 44.2 Å². The van der Waals surface area contributed by atoms with Crippen LogP contribution in [0.15, 0.2) is 9.03 Å². The minimum Gasteiger partial charge on any atom is -0.246 e. The van der Waals surface area contributed by atoms with Gasteiger partial charge in [-0.1, -0.05) is 83.1 Å². The molecule has 35 heavy (non-hydrogen) atoms. The number of nitrogens with zero attached hydrogens (tertiary/aromatic N) is 8. The highest BCUT2D eigenvalue weighted by atomic mass is 31.2. The first-order valence-corrected chi connectivity index (χ1v) is 18.4. The maximum absolute atomic E-state index is 5.72. The molecule has 212 valence electrons. The van der Waals surface area contributed by atoms with Gasteiger partial charge in [-0.05, 0) is 0 Å². The van der Waals surface area contributed by atoms with Gasteiger partial charge in [0.25, 0.3) is 0 Å². The SMILES string of the molecule is CCN(CC)P(=NPN=P(N(CC)CC)(N(CC)CC)N(CC)CC)(N(CC)CC)N(CC)CC. The third-order valence-corrected chi connectivity index (χ3v) is 17.8. The summed E-state index contributed by atoms with van der Waals surface area (Å²) in [6.45, 7) is 39.6. The summed E-state index contributed by atoms with van der Waals surface area (Å²) >= 11 is 0. The summed E-state index contributed by atoms with van der Waals surface area (Å²) in [5.74, 6) is 0. The number of rotatable bonds is 20. The fourth-order valence-electron chi connectivity index (χ4n) is 5.21. The van der Waals surface area contributed by atoms with Crippen molar-refractivity contribution in [2.75, 3.05) is 78.5 Å². The maximum Gasteiger partial charge on any atom is 0.173 e. The molecular weight excluding hydrogens is 493 g/mol. The Morgan fingerprint density at radius 2 is 0.486 bits per heavy atom. The minimum atomic E-state index is -2.05. The van der Waals surface area contributed by atoms with E-state index in [1.807, 2.05) is 0 Å². The molecule has 0 rings (SSSR count). The van der Waals surface area contributed by atoms with Crippen LogP contribution in [0.1, 0.15) is 83.1 Å². The first-order valence-electron chi connectivity index (χ1n) is 14.3. The van der Waals surface area contributed by atoms with Gasteiger partial charge in [0.05, 0.1) is 0 Å². The lowest BCUT2D eigenvalue weighted by Gasteiger charge is -2.49. The molecule has 0 aliphatic heterocycles. The Labute approximate surface area is 222 Å². The summed E-state index contributed by atoms with van der Waals surface area (Å²) in [7, 11) is -3.87. The lowest BCUT2D eigenvalue weighted by molar-refractivity contribution is 0.340. The number of hydrogen-bond donors (Lipinski definition) is 0. The summed E-state index contributed by atoms with van der Waals surface area (Å²) in [6, 6.07) is 0. The Morgan fingerprint density at radius 3 is 0.600 bits per heavy atom. The van der Waals surface area contributed by atoms with Crippen LogP contribution in [0.25, 0.3) is 0 Å². The Bertz CT molecular complexity index is 507. The van der Waals surface area contributed by atoms with Crippen molar-refractivity contribution in [1.82, 2.24) is 28.0 Å². The van der Waals surface area contributed by atoms with Crippen molar-refractivity contribution in [3.63, 3.8) is 0 Å². The molecule has 0 heterocycles. The fraction of sp³-hybridized carbons (Fsp3) is 1.00. The molecule has 0 amide bonds. The molecule has 0 saturated carbocycles. The zero-order valence-corrected chi connectivity index (χ0v) is 28.2. The van der Waals surface area contributed by atoms with E-state index in [9.17, 15) is 0 Å². The smallest absolute Gasteiger partial charge is 0.173 e. The molecule has 0 saturated heterocycles. The quantitative estimate of drug-likeness (QED) is 0.146. The first-order chi connectivity index (χ1) is 16.8. The minimum absolute atomic E-state index is 0.227. The standard InChI is InChI=1S/C24H61N8P3/c1-13-27(14-2)34(28(15-3)16-4,29(17-5)18-6)25-33-26-35(30(19-7)20-8,31(21-9)22-10)32(23-11)24-12/h33H,13-24H2,1-12H3. The maximum atomic E-state index is 5.72. The molecule has 0 aromatic carbocycles. The Balaban J connectivity index is 7.45. The van der Waals surface area contributed by atoms with Crippen molar-refractivity contribution in [3.05, 3.63) is 0 Å². The molecule has 0 aromatic heterocycles. The van der Waals surface area contributed by atoms with Gasteiger partial charge in [0.1, 0.15) is 8.88 Å². The van der Waals surface area contributed by atoms with Crippen molar-refractivity contribution in [2.24, 2.45) is 9.03 Å². The van der Waals surface area contributed by atoms with E-state index in [4.69, 9.17) is 9.03 Å². The van der Waals surface area contributed by atoms with E-state index in [1.165, 1.54) is 0 Å². The van der Waals surface area contributed by atoms with Gasteiger partial charge in [-0.2, -0.15) is 0 Å². The van der Waals surface area contributed by atoms with E-state index in [2.05, 4.69) is 111 Å². The second-order valence-electron chi connectivity index (χ2n) is 8.21. The highest BCUT2D eigenvalue weighted by molar-refractivity contribution is 7.68. The van der Waals surface area contributed by atoms with Crippen molar-refractivity contribution < 1.29 is 0 Å². The molecule has 8 nitrogen and oxygen atoms in total.